The van der Waals surface area contributed by atoms with Crippen LogP contribution in [-0.2, 0) is 4.79 Å². The van der Waals surface area contributed by atoms with Crippen molar-refractivity contribution in [2.75, 3.05) is 13.1 Å². The molecule has 0 bridgehead atoms. The van der Waals surface area contributed by atoms with E-state index in [-0.39, 0.29) is 12.0 Å². The Morgan fingerprint density at radius 2 is 1.78 bits per heavy atom. The molecular weight excluding hydrogens is 224 g/mol. The summed E-state index contributed by atoms with van der Waals surface area (Å²) in [5.74, 6) is 1.15. The van der Waals surface area contributed by atoms with E-state index in [1.807, 2.05) is 0 Å². The number of hydrogen-bond donors (Lipinski definition) is 1. The molecule has 0 spiro atoms. The second-order valence-corrected chi connectivity index (χ2v) is 7.26. The molecule has 0 aromatic carbocycles. The summed E-state index contributed by atoms with van der Waals surface area (Å²) in [6, 6.07) is 0.226. The number of likely N-dealkylation sites (tertiary alicyclic amines) is 1. The summed E-state index contributed by atoms with van der Waals surface area (Å²) in [6.45, 7) is 8.69. The summed E-state index contributed by atoms with van der Waals surface area (Å²) in [7, 11) is 0. The minimum atomic E-state index is 0.185. The van der Waals surface area contributed by atoms with E-state index in [1.54, 1.807) is 0 Å². The Bertz CT molecular complexity index is 294. The molecule has 3 heteroatoms. The van der Waals surface area contributed by atoms with Crippen molar-refractivity contribution in [3.63, 3.8) is 0 Å². The van der Waals surface area contributed by atoms with Gasteiger partial charge in [-0.15, -0.1) is 0 Å². The Kier molecular flexibility index (Phi) is 4.00. The number of carbonyl (C=O) groups excluding carboxylic acids is 1. The minimum Gasteiger partial charge on any atom is -0.342 e. The SMILES string of the molecule is CC1CC(N)CC(C(=O)N2CCC(C)(C)CC2)C1. The van der Waals surface area contributed by atoms with E-state index in [9.17, 15) is 4.79 Å². The molecule has 3 unspecified atom stereocenters. The van der Waals surface area contributed by atoms with Gasteiger partial charge < -0.3 is 10.6 Å². The highest BCUT2D eigenvalue weighted by Crippen LogP contribution is 2.33. The number of hydrogen-bond acceptors (Lipinski definition) is 2. The molecular formula is C15H28N2O. The van der Waals surface area contributed by atoms with Crippen LogP contribution in [0.4, 0.5) is 0 Å². The number of nitrogens with two attached hydrogens (primary N) is 1. The molecule has 3 nitrogen and oxygen atoms in total. The second kappa shape index (κ2) is 5.20. The predicted octanol–water partition coefficient (Wildman–Crippen LogP) is 2.40. The highest BCUT2D eigenvalue weighted by atomic mass is 16.2. The maximum atomic E-state index is 12.5. The first-order valence-electron chi connectivity index (χ1n) is 7.42. The van der Waals surface area contributed by atoms with Gasteiger partial charge >= 0.3 is 0 Å². The monoisotopic (exact) mass is 252 g/mol. The quantitative estimate of drug-likeness (QED) is 0.779. The van der Waals surface area contributed by atoms with E-state index in [2.05, 4.69) is 25.7 Å². The van der Waals surface area contributed by atoms with Crippen LogP contribution in [-0.4, -0.2) is 29.9 Å². The average molecular weight is 252 g/mol. The van der Waals surface area contributed by atoms with Gasteiger partial charge in [-0.05, 0) is 43.4 Å². The number of carbonyl (C=O) groups is 1. The molecule has 1 aliphatic heterocycles. The van der Waals surface area contributed by atoms with Gasteiger partial charge in [0.2, 0.25) is 5.91 Å². The Balaban J connectivity index is 1.91. The van der Waals surface area contributed by atoms with Gasteiger partial charge in [0.15, 0.2) is 0 Å². The summed E-state index contributed by atoms with van der Waals surface area (Å²) >= 11 is 0. The van der Waals surface area contributed by atoms with Gasteiger partial charge in [-0.2, -0.15) is 0 Å². The molecule has 104 valence electrons. The fourth-order valence-electron chi connectivity index (χ4n) is 3.45. The lowest BCUT2D eigenvalue weighted by atomic mass is 9.78. The van der Waals surface area contributed by atoms with Crippen molar-refractivity contribution in [3.05, 3.63) is 0 Å². The lowest BCUT2D eigenvalue weighted by molar-refractivity contribution is -0.139. The molecule has 18 heavy (non-hydrogen) atoms. The molecule has 2 fully saturated rings. The molecule has 1 heterocycles. The first-order chi connectivity index (χ1) is 8.37. The summed E-state index contributed by atoms with van der Waals surface area (Å²) in [5.41, 5.74) is 6.46. The third kappa shape index (κ3) is 3.25. The zero-order valence-electron chi connectivity index (χ0n) is 12.1. The molecule has 3 atom stereocenters. The van der Waals surface area contributed by atoms with Gasteiger partial charge in [-0.3, -0.25) is 4.79 Å². The summed E-state index contributed by atoms with van der Waals surface area (Å²) < 4.78 is 0. The van der Waals surface area contributed by atoms with Crippen molar-refractivity contribution >= 4 is 5.91 Å². The second-order valence-electron chi connectivity index (χ2n) is 7.26. The zero-order valence-corrected chi connectivity index (χ0v) is 12.1. The molecule has 0 radical (unpaired) electrons. The summed E-state index contributed by atoms with van der Waals surface area (Å²) in [4.78, 5) is 14.6. The molecule has 0 aromatic heterocycles. The molecule has 2 aliphatic rings. The van der Waals surface area contributed by atoms with Crippen molar-refractivity contribution in [2.24, 2.45) is 23.0 Å². The predicted molar refractivity (Wildman–Crippen MR) is 74.1 cm³/mol. The van der Waals surface area contributed by atoms with Crippen LogP contribution in [0.15, 0.2) is 0 Å². The summed E-state index contributed by atoms with van der Waals surface area (Å²) in [5, 5.41) is 0. The molecule has 1 amide bonds. The third-order valence-electron chi connectivity index (χ3n) is 4.76. The van der Waals surface area contributed by atoms with E-state index < -0.39 is 0 Å². The van der Waals surface area contributed by atoms with Crippen LogP contribution in [0.3, 0.4) is 0 Å². The number of nitrogens with zero attached hydrogens (tertiary/aromatic N) is 1. The lowest BCUT2D eigenvalue weighted by Gasteiger charge is -2.40. The van der Waals surface area contributed by atoms with Crippen molar-refractivity contribution in [1.82, 2.24) is 4.90 Å². The largest absolute Gasteiger partial charge is 0.342 e. The average Bonchev–Trinajstić information content (AvgIpc) is 2.27. The highest BCUT2D eigenvalue weighted by Gasteiger charge is 2.34. The molecule has 1 saturated heterocycles. The third-order valence-corrected chi connectivity index (χ3v) is 4.76. The van der Waals surface area contributed by atoms with Crippen LogP contribution < -0.4 is 5.73 Å². The van der Waals surface area contributed by atoms with E-state index >= 15 is 0 Å². The van der Waals surface area contributed by atoms with Crippen molar-refractivity contribution < 1.29 is 4.79 Å². The molecule has 1 aliphatic carbocycles. The van der Waals surface area contributed by atoms with Gasteiger partial charge in [0.1, 0.15) is 0 Å². The molecule has 2 N–H and O–H groups in total. The lowest BCUT2D eigenvalue weighted by Crippen LogP contribution is -2.46. The van der Waals surface area contributed by atoms with Crippen LogP contribution >= 0.6 is 0 Å². The minimum absolute atomic E-state index is 0.185. The van der Waals surface area contributed by atoms with Crippen molar-refractivity contribution in [3.8, 4) is 0 Å². The van der Waals surface area contributed by atoms with E-state index in [0.29, 0.717) is 17.2 Å². The Morgan fingerprint density at radius 3 is 2.33 bits per heavy atom. The Hall–Kier alpha value is -0.570. The Labute approximate surface area is 111 Å². The van der Waals surface area contributed by atoms with E-state index in [4.69, 9.17) is 5.73 Å². The molecule has 2 rings (SSSR count). The van der Waals surface area contributed by atoms with Gasteiger partial charge in [0, 0.05) is 25.0 Å². The Morgan fingerprint density at radius 1 is 1.17 bits per heavy atom. The first-order valence-corrected chi connectivity index (χ1v) is 7.42. The molecule has 1 saturated carbocycles. The smallest absolute Gasteiger partial charge is 0.225 e. The normalized spacial score (nSPS) is 36.4. The van der Waals surface area contributed by atoms with Crippen LogP contribution in [0, 0.1) is 17.3 Å². The first kappa shape index (κ1) is 13.9. The van der Waals surface area contributed by atoms with Crippen LogP contribution in [0.2, 0.25) is 0 Å². The number of rotatable bonds is 1. The fourth-order valence-corrected chi connectivity index (χ4v) is 3.45. The standard InChI is InChI=1S/C15H28N2O/c1-11-8-12(10-13(16)9-11)14(18)17-6-4-15(2,3)5-7-17/h11-13H,4-10,16H2,1-3H3. The maximum Gasteiger partial charge on any atom is 0.225 e. The van der Waals surface area contributed by atoms with Crippen molar-refractivity contribution in [2.45, 2.75) is 58.9 Å². The topological polar surface area (TPSA) is 46.3 Å². The van der Waals surface area contributed by atoms with Crippen LogP contribution in [0.1, 0.15) is 52.9 Å². The van der Waals surface area contributed by atoms with Gasteiger partial charge in [-0.25, -0.2) is 0 Å². The summed E-state index contributed by atoms with van der Waals surface area (Å²) in [6.07, 6.45) is 5.27. The van der Waals surface area contributed by atoms with Gasteiger partial charge in [-0.1, -0.05) is 20.8 Å². The number of amides is 1. The van der Waals surface area contributed by atoms with Gasteiger partial charge in [0.05, 0.1) is 0 Å². The van der Waals surface area contributed by atoms with Gasteiger partial charge in [0.25, 0.3) is 0 Å². The van der Waals surface area contributed by atoms with Crippen molar-refractivity contribution in [1.29, 1.82) is 0 Å². The fraction of sp³-hybridized carbons (Fsp3) is 0.933. The zero-order chi connectivity index (χ0) is 13.3. The molecule has 0 aromatic rings. The van der Waals surface area contributed by atoms with E-state index in [0.717, 1.165) is 45.2 Å². The van der Waals surface area contributed by atoms with E-state index in [1.165, 1.54) is 0 Å². The number of piperidine rings is 1. The highest BCUT2D eigenvalue weighted by molar-refractivity contribution is 5.79. The van der Waals surface area contributed by atoms with Crippen LogP contribution in [0.25, 0.3) is 0 Å². The maximum absolute atomic E-state index is 12.5. The van der Waals surface area contributed by atoms with Crippen LogP contribution in [0.5, 0.6) is 0 Å².